The number of carbonyl (C=O) groups excluding carboxylic acids is 4. The second-order valence-electron chi connectivity index (χ2n) is 23.8. The van der Waals surface area contributed by atoms with E-state index in [2.05, 4.69) is 143 Å². The molecule has 0 rings (SSSR count). The average molecular weight is 1410 g/mol. The molecule has 0 radical (unpaired) electrons. The van der Waals surface area contributed by atoms with Gasteiger partial charge in [-0.05, 0) is 135 Å². The molecule has 0 saturated heterocycles. The fourth-order valence-electron chi connectivity index (χ4n) is 8.94. The number of hydrogen-bond donors (Lipinski definition) is 3. The minimum absolute atomic E-state index is 0.0280. The number of rotatable bonds is 67. The van der Waals surface area contributed by atoms with E-state index in [1.807, 2.05) is 36.5 Å². The Labute approximate surface area is 591 Å². The van der Waals surface area contributed by atoms with Gasteiger partial charge in [-0.1, -0.05) is 256 Å². The van der Waals surface area contributed by atoms with Gasteiger partial charge < -0.3 is 33.8 Å². The van der Waals surface area contributed by atoms with Crippen LogP contribution in [-0.2, 0) is 65.4 Å². The van der Waals surface area contributed by atoms with E-state index in [1.165, 1.54) is 32.1 Å². The van der Waals surface area contributed by atoms with Gasteiger partial charge in [-0.25, -0.2) is 9.13 Å². The van der Waals surface area contributed by atoms with Gasteiger partial charge in [0.25, 0.3) is 0 Å². The Morgan fingerprint density at radius 3 is 0.980 bits per heavy atom. The van der Waals surface area contributed by atoms with E-state index in [9.17, 15) is 43.2 Å². The van der Waals surface area contributed by atoms with Crippen molar-refractivity contribution in [1.29, 1.82) is 0 Å². The number of phosphoric ester groups is 2. The van der Waals surface area contributed by atoms with E-state index in [4.69, 9.17) is 37.0 Å². The Morgan fingerprint density at radius 1 is 0.306 bits per heavy atom. The molecule has 0 aromatic heterocycles. The van der Waals surface area contributed by atoms with E-state index < -0.39 is 97.5 Å². The number of ether oxygens (including phenoxy) is 4. The highest BCUT2D eigenvalue weighted by Crippen LogP contribution is 2.45. The molecule has 98 heavy (non-hydrogen) atoms. The molecule has 5 atom stereocenters. The molecule has 0 aliphatic carbocycles. The minimum atomic E-state index is -5.00. The Balaban J connectivity index is 5.46. The van der Waals surface area contributed by atoms with Crippen LogP contribution in [0.4, 0.5) is 0 Å². The zero-order valence-electron chi connectivity index (χ0n) is 60.4. The highest BCUT2D eigenvalue weighted by atomic mass is 31.2. The number of hydrogen-bond acceptors (Lipinski definition) is 15. The standard InChI is InChI=1S/C79H128O17P2/c1-5-9-13-17-21-25-29-32-34-35-36-37-39-42-45-48-52-56-60-64-77(82)89-69-74(95-78(83)65-61-57-53-49-43-28-24-20-16-12-8-4)71-93-97(85,86)91-67-73(80)68-92-98(87,88)94-72-75(96-79(84)66-62-58-54-50-46-40-31-27-23-19-15-11-7-3)70-90-76(81)63-59-55-51-47-44-41-38-33-30-26-22-18-14-10-6-2/h9-10,13-14,20-22,24-27,31-34,36-38,42,44-45,47,52,55-56,59,73-75,80H,5-8,11-12,15-19,23,28-30,35,39-41,43,46,48-51,53-54,57-58,60-72H2,1-4H3,(H,85,86)(H,87,88)/b13-9-,14-10-,24-20-,25-21-,26-22-,31-27-,34-32-,37-36-,38-33-,45-42-,47-44-,56-52-,59-55-. The maximum Gasteiger partial charge on any atom is 0.472 e. The molecule has 0 fully saturated rings. The summed E-state index contributed by atoms with van der Waals surface area (Å²) < 4.78 is 68.1. The predicted molar refractivity (Wildman–Crippen MR) is 399 cm³/mol. The first kappa shape index (κ1) is 92.7. The number of aliphatic hydroxyl groups excluding tert-OH is 1. The first-order chi connectivity index (χ1) is 47.7. The summed E-state index contributed by atoms with van der Waals surface area (Å²) in [7, 11) is -10.0. The van der Waals surface area contributed by atoms with Gasteiger partial charge in [0.2, 0.25) is 0 Å². The number of carbonyl (C=O) groups is 4. The summed E-state index contributed by atoms with van der Waals surface area (Å²) in [6, 6.07) is 0. The topological polar surface area (TPSA) is 237 Å². The average Bonchev–Trinajstić information content (AvgIpc) is 1.00. The Morgan fingerprint density at radius 2 is 0.602 bits per heavy atom. The predicted octanol–water partition coefficient (Wildman–Crippen LogP) is 20.9. The van der Waals surface area contributed by atoms with Crippen LogP contribution in [0.15, 0.2) is 158 Å². The van der Waals surface area contributed by atoms with Crippen molar-refractivity contribution in [1.82, 2.24) is 0 Å². The first-order valence-corrected chi connectivity index (χ1v) is 39.7. The molecule has 0 aromatic rings. The van der Waals surface area contributed by atoms with Crippen molar-refractivity contribution in [3.05, 3.63) is 158 Å². The molecule has 19 heteroatoms. The first-order valence-electron chi connectivity index (χ1n) is 36.7. The minimum Gasteiger partial charge on any atom is -0.462 e. The molecule has 0 spiro atoms. The third-order valence-electron chi connectivity index (χ3n) is 14.5. The number of phosphoric acid groups is 2. The number of unbranched alkanes of at least 4 members (excludes halogenated alkanes) is 16. The highest BCUT2D eigenvalue weighted by molar-refractivity contribution is 7.47. The summed E-state index contributed by atoms with van der Waals surface area (Å²) >= 11 is 0. The lowest BCUT2D eigenvalue weighted by atomic mass is 10.1. The molecule has 0 saturated carbocycles. The Bertz CT molecular complexity index is 2480. The maximum absolute atomic E-state index is 13.0. The normalized spacial score (nSPS) is 14.9. The fraction of sp³-hybridized carbons (Fsp3) is 0.620. The van der Waals surface area contributed by atoms with Gasteiger partial charge >= 0.3 is 39.5 Å². The molecule has 0 aromatic carbocycles. The van der Waals surface area contributed by atoms with Gasteiger partial charge in [0.05, 0.1) is 32.8 Å². The Kier molecular flexibility index (Phi) is 66.3. The second-order valence-corrected chi connectivity index (χ2v) is 26.7. The van der Waals surface area contributed by atoms with Crippen LogP contribution in [0.5, 0.6) is 0 Å². The molecule has 0 aliphatic heterocycles. The van der Waals surface area contributed by atoms with Gasteiger partial charge in [-0.3, -0.25) is 37.3 Å². The zero-order chi connectivity index (χ0) is 71.8. The van der Waals surface area contributed by atoms with E-state index in [-0.39, 0.29) is 25.7 Å². The third-order valence-corrected chi connectivity index (χ3v) is 16.4. The fourth-order valence-corrected chi connectivity index (χ4v) is 10.5. The van der Waals surface area contributed by atoms with Crippen molar-refractivity contribution in [2.45, 2.75) is 277 Å². The van der Waals surface area contributed by atoms with Crippen LogP contribution in [0.2, 0.25) is 0 Å². The zero-order valence-corrected chi connectivity index (χ0v) is 62.2. The monoisotopic (exact) mass is 1410 g/mol. The largest absolute Gasteiger partial charge is 0.472 e. The van der Waals surface area contributed by atoms with Gasteiger partial charge in [-0.2, -0.15) is 0 Å². The molecule has 0 amide bonds. The molecule has 5 unspecified atom stereocenters. The third kappa shape index (κ3) is 69.2. The summed E-state index contributed by atoms with van der Waals surface area (Å²) in [4.78, 5) is 72.6. The summed E-state index contributed by atoms with van der Waals surface area (Å²) in [6.07, 6.45) is 80.1. The lowest BCUT2D eigenvalue weighted by Gasteiger charge is -2.21. The summed E-state index contributed by atoms with van der Waals surface area (Å²) in [5.74, 6) is -2.46. The quantitative estimate of drug-likeness (QED) is 0.0169. The van der Waals surface area contributed by atoms with Crippen LogP contribution in [0.25, 0.3) is 0 Å². The SMILES string of the molecule is CC/C=C\C/C=C\C/C=C\C/C=C\C/C=C\C/C=C\CCC(=O)OCC(COP(=O)(O)OCC(O)COP(=O)(O)OCC(COC(=O)C/C=C\C/C=C\C/C=C\C/C=C\C/C=C\CC)OC(=O)CCCCCCC/C=C\CCCCCC)OC(=O)CCCCCCC/C=C\CCCC. The van der Waals surface area contributed by atoms with Crippen LogP contribution in [0.1, 0.15) is 259 Å². The molecule has 0 aliphatic rings. The molecule has 3 N–H and O–H groups in total. The number of aliphatic hydroxyl groups is 1. The van der Waals surface area contributed by atoms with Crippen molar-refractivity contribution in [3.63, 3.8) is 0 Å². The molecule has 0 heterocycles. The summed E-state index contributed by atoms with van der Waals surface area (Å²) in [5, 5.41) is 10.6. The summed E-state index contributed by atoms with van der Waals surface area (Å²) in [5.41, 5.74) is 0. The number of allylic oxidation sites excluding steroid dienone is 25. The van der Waals surface area contributed by atoms with Crippen LogP contribution >= 0.6 is 15.6 Å². The van der Waals surface area contributed by atoms with Gasteiger partial charge in [-0.15, -0.1) is 0 Å². The van der Waals surface area contributed by atoms with E-state index in [0.29, 0.717) is 32.1 Å². The van der Waals surface area contributed by atoms with Crippen molar-refractivity contribution in [2.75, 3.05) is 39.6 Å². The molecule has 17 nitrogen and oxygen atoms in total. The lowest BCUT2D eigenvalue weighted by Crippen LogP contribution is -2.30. The summed E-state index contributed by atoms with van der Waals surface area (Å²) in [6.45, 7) is 4.33. The smallest absolute Gasteiger partial charge is 0.462 e. The highest BCUT2D eigenvalue weighted by Gasteiger charge is 2.30. The maximum atomic E-state index is 13.0. The Hall–Kier alpha value is -5.32. The lowest BCUT2D eigenvalue weighted by molar-refractivity contribution is -0.161. The van der Waals surface area contributed by atoms with Crippen molar-refractivity contribution < 1.29 is 80.2 Å². The van der Waals surface area contributed by atoms with Gasteiger partial charge in [0, 0.05) is 19.3 Å². The molecular formula is C79H128O17P2. The van der Waals surface area contributed by atoms with Crippen molar-refractivity contribution >= 4 is 39.5 Å². The van der Waals surface area contributed by atoms with Crippen molar-refractivity contribution in [2.24, 2.45) is 0 Å². The van der Waals surface area contributed by atoms with E-state index >= 15 is 0 Å². The molecular weight excluding hydrogens is 1280 g/mol. The second kappa shape index (κ2) is 70.1. The van der Waals surface area contributed by atoms with Crippen molar-refractivity contribution in [3.8, 4) is 0 Å². The molecule has 0 bridgehead atoms. The molecule has 556 valence electrons. The van der Waals surface area contributed by atoms with Crippen LogP contribution in [-0.4, -0.2) is 96.7 Å². The van der Waals surface area contributed by atoms with Gasteiger partial charge in [0.15, 0.2) is 12.2 Å². The van der Waals surface area contributed by atoms with Crippen LogP contribution in [0, 0.1) is 0 Å². The van der Waals surface area contributed by atoms with E-state index in [0.717, 1.165) is 141 Å². The van der Waals surface area contributed by atoms with E-state index in [1.54, 1.807) is 6.08 Å². The van der Waals surface area contributed by atoms with Crippen LogP contribution < -0.4 is 0 Å². The number of esters is 4. The van der Waals surface area contributed by atoms with Crippen LogP contribution in [0.3, 0.4) is 0 Å². The van der Waals surface area contributed by atoms with Gasteiger partial charge in [0.1, 0.15) is 19.3 Å².